The highest BCUT2D eigenvalue weighted by molar-refractivity contribution is 5.91. The first-order valence-electron chi connectivity index (χ1n) is 23.6. The lowest BCUT2D eigenvalue weighted by molar-refractivity contribution is -0.337. The predicted molar refractivity (Wildman–Crippen MR) is 259 cm³/mol. The van der Waals surface area contributed by atoms with Crippen LogP contribution in [0.3, 0.4) is 0 Å². The summed E-state index contributed by atoms with van der Waals surface area (Å²) in [4.78, 5) is 55.0. The van der Waals surface area contributed by atoms with Gasteiger partial charge >= 0.3 is 23.9 Å². The lowest BCUT2D eigenvalue weighted by Crippen LogP contribution is -2.64. The van der Waals surface area contributed by atoms with Gasteiger partial charge in [0.25, 0.3) is 0 Å². The van der Waals surface area contributed by atoms with E-state index < -0.39 is 91.9 Å². The first-order valence-corrected chi connectivity index (χ1v) is 23.6. The van der Waals surface area contributed by atoms with Gasteiger partial charge in [-0.05, 0) is 53.1 Å². The molecule has 2 aliphatic heterocycles. The highest BCUT2D eigenvalue weighted by Gasteiger charge is 2.55. The van der Waals surface area contributed by atoms with Crippen molar-refractivity contribution >= 4 is 23.9 Å². The Kier molecular flexibility index (Phi) is 18.4. The van der Waals surface area contributed by atoms with E-state index in [4.69, 9.17) is 52.1 Å². The molecule has 15 nitrogen and oxygen atoms in total. The van der Waals surface area contributed by atoms with Gasteiger partial charge in [0, 0.05) is 14.0 Å². The molecule has 2 aliphatic rings. The van der Waals surface area contributed by atoms with E-state index in [9.17, 15) is 19.2 Å². The van der Waals surface area contributed by atoms with Crippen LogP contribution in [0.2, 0.25) is 0 Å². The lowest BCUT2D eigenvalue weighted by atomic mass is 9.96. The zero-order valence-electron chi connectivity index (χ0n) is 39.8. The summed E-state index contributed by atoms with van der Waals surface area (Å²) in [7, 11) is 1.32. The van der Waals surface area contributed by atoms with Gasteiger partial charge in [-0.15, -0.1) is 0 Å². The summed E-state index contributed by atoms with van der Waals surface area (Å²) in [5.41, 5.74) is 3.15. The molecule has 6 aromatic rings. The fourth-order valence-corrected chi connectivity index (χ4v) is 8.35. The van der Waals surface area contributed by atoms with Crippen LogP contribution in [-0.2, 0) is 76.7 Å². The van der Waals surface area contributed by atoms with Gasteiger partial charge in [0.1, 0.15) is 24.4 Å². The number of esters is 4. The molecule has 0 amide bonds. The van der Waals surface area contributed by atoms with Gasteiger partial charge in [-0.1, -0.05) is 146 Å². The molecule has 0 unspecified atom stereocenters. The third-order valence-corrected chi connectivity index (χ3v) is 11.9. The molecule has 374 valence electrons. The van der Waals surface area contributed by atoms with Crippen molar-refractivity contribution < 1.29 is 71.3 Å². The summed E-state index contributed by atoms with van der Waals surface area (Å²) in [5, 5.41) is 0. The van der Waals surface area contributed by atoms with Gasteiger partial charge in [-0.25, -0.2) is 14.4 Å². The summed E-state index contributed by atoms with van der Waals surface area (Å²) in [5.74, 6) is -3.08. The van der Waals surface area contributed by atoms with E-state index in [2.05, 4.69) is 0 Å². The van der Waals surface area contributed by atoms with Crippen LogP contribution in [0.5, 0.6) is 0 Å². The fraction of sp³-hybridized carbons (Fsp3) is 0.298. The molecule has 6 aromatic carbocycles. The van der Waals surface area contributed by atoms with Crippen LogP contribution < -0.4 is 0 Å². The number of carbonyl (C=O) groups is 4. The quantitative estimate of drug-likeness (QED) is 0.0501. The Bertz CT molecular complexity index is 2610. The minimum absolute atomic E-state index is 0.0127. The fourth-order valence-electron chi connectivity index (χ4n) is 8.35. The van der Waals surface area contributed by atoms with Gasteiger partial charge in [0.2, 0.25) is 0 Å². The Morgan fingerprint density at radius 1 is 0.389 bits per heavy atom. The molecule has 2 heterocycles. The van der Waals surface area contributed by atoms with E-state index in [1.54, 1.807) is 91.0 Å². The van der Waals surface area contributed by atoms with Crippen LogP contribution in [0.25, 0.3) is 0 Å². The molecule has 2 saturated heterocycles. The van der Waals surface area contributed by atoms with Gasteiger partial charge in [0.15, 0.2) is 37.0 Å². The number of rotatable bonds is 21. The Hall–Kier alpha value is -7.08. The molecular formula is C57H56O15. The lowest BCUT2D eigenvalue weighted by Gasteiger charge is -2.47. The molecule has 0 aromatic heterocycles. The molecule has 0 spiro atoms. The normalized spacial score (nSPS) is 23.8. The van der Waals surface area contributed by atoms with Crippen LogP contribution in [0, 0.1) is 0 Å². The second-order valence-corrected chi connectivity index (χ2v) is 17.0. The monoisotopic (exact) mass is 980 g/mol. The number of carbonyl (C=O) groups excluding carboxylic acids is 4. The molecule has 0 bridgehead atoms. The summed E-state index contributed by atoms with van der Waals surface area (Å²) < 4.78 is 69.9. The van der Waals surface area contributed by atoms with E-state index in [-0.39, 0.29) is 43.1 Å². The first-order chi connectivity index (χ1) is 35.2. The third-order valence-electron chi connectivity index (χ3n) is 11.9. The Morgan fingerprint density at radius 3 is 1.22 bits per heavy atom. The number of ether oxygens (including phenoxy) is 11. The third kappa shape index (κ3) is 13.9. The minimum Gasteiger partial charge on any atom is -0.454 e. The maximum Gasteiger partial charge on any atom is 0.338 e. The molecule has 15 heteroatoms. The van der Waals surface area contributed by atoms with Gasteiger partial charge in [0.05, 0.1) is 49.7 Å². The van der Waals surface area contributed by atoms with Crippen molar-refractivity contribution in [2.75, 3.05) is 20.3 Å². The van der Waals surface area contributed by atoms with Crippen LogP contribution >= 0.6 is 0 Å². The highest BCUT2D eigenvalue weighted by Crippen LogP contribution is 2.35. The molecule has 0 radical (unpaired) electrons. The maximum absolute atomic E-state index is 14.1. The van der Waals surface area contributed by atoms with E-state index in [0.717, 1.165) is 16.7 Å². The average Bonchev–Trinajstić information content (AvgIpc) is 3.42. The average molecular weight is 981 g/mol. The molecule has 10 atom stereocenters. The molecule has 0 aliphatic carbocycles. The van der Waals surface area contributed by atoms with Crippen molar-refractivity contribution in [3.8, 4) is 0 Å². The van der Waals surface area contributed by atoms with Gasteiger partial charge in [-0.3, -0.25) is 4.79 Å². The van der Waals surface area contributed by atoms with Crippen LogP contribution in [0.1, 0.15) is 54.7 Å². The van der Waals surface area contributed by atoms with E-state index in [1.165, 1.54) is 14.0 Å². The van der Waals surface area contributed by atoms with Crippen molar-refractivity contribution in [2.24, 2.45) is 0 Å². The SMILES string of the molecule is CO[C@H]1O[C@H](CO[C@H]2O[C@H](COCc3ccccc3)[C@@H](OCc3ccccc3)[C@H](OCc3ccccc3)[C@@H]2OC(C)=O)[C@@H](OC(=O)c2ccccc2)[C@H](OC(=O)c2ccccc2)[C@@H]1OC(=O)c1ccccc1. The molecule has 0 N–H and O–H groups in total. The van der Waals surface area contributed by atoms with E-state index in [1.807, 2.05) is 91.0 Å². The standard InChI is InChI=1S/C57H56O15/c1-38(58)67-51-49(65-35-41-25-13-5-14-26-41)47(64-34-40-23-11-4-12-24-40)45(36-63-33-39-21-9-3-10-22-39)69-57(51)66-37-46-48(70-53(59)42-27-15-6-16-28-42)50(71-54(60)43-29-17-7-18-30-43)52(56(62-2)68-46)72-55(61)44-31-19-8-20-32-44/h3-32,45-52,56-57H,33-37H2,1-2H3/t45-,46-,47-,48-,49+,50+,51+,52+,56+,57+/m1/s1. The summed E-state index contributed by atoms with van der Waals surface area (Å²) in [6.07, 6.45) is -12.8. The number of methoxy groups -OCH3 is 1. The molecule has 8 rings (SSSR count). The van der Waals surface area contributed by atoms with E-state index in [0.29, 0.717) is 0 Å². The first kappa shape index (κ1) is 51.3. The number of hydrogen-bond acceptors (Lipinski definition) is 15. The number of hydrogen-bond donors (Lipinski definition) is 0. The van der Waals surface area contributed by atoms with Crippen molar-refractivity contribution in [3.63, 3.8) is 0 Å². The van der Waals surface area contributed by atoms with Crippen molar-refractivity contribution in [1.29, 1.82) is 0 Å². The van der Waals surface area contributed by atoms with E-state index >= 15 is 0 Å². The Balaban J connectivity index is 1.15. The van der Waals surface area contributed by atoms with Crippen LogP contribution in [0.15, 0.2) is 182 Å². The Labute approximate surface area is 417 Å². The summed E-state index contributed by atoms with van der Waals surface area (Å²) >= 11 is 0. The maximum atomic E-state index is 14.1. The molecule has 0 saturated carbocycles. The summed E-state index contributed by atoms with van der Waals surface area (Å²) in [6.45, 7) is 1.26. The smallest absolute Gasteiger partial charge is 0.338 e. The zero-order chi connectivity index (χ0) is 50.1. The molecular weight excluding hydrogens is 925 g/mol. The van der Waals surface area contributed by atoms with Gasteiger partial charge in [-0.2, -0.15) is 0 Å². The predicted octanol–water partition coefficient (Wildman–Crippen LogP) is 8.10. The zero-order valence-corrected chi connectivity index (χ0v) is 39.8. The van der Waals surface area contributed by atoms with Gasteiger partial charge < -0.3 is 52.1 Å². The molecule has 2 fully saturated rings. The van der Waals surface area contributed by atoms with Crippen LogP contribution in [0.4, 0.5) is 0 Å². The highest BCUT2D eigenvalue weighted by atomic mass is 16.8. The van der Waals surface area contributed by atoms with Crippen molar-refractivity contribution in [3.05, 3.63) is 215 Å². The number of benzene rings is 6. The topological polar surface area (TPSA) is 170 Å². The van der Waals surface area contributed by atoms with Crippen molar-refractivity contribution in [1.82, 2.24) is 0 Å². The minimum atomic E-state index is -1.56. The van der Waals surface area contributed by atoms with Crippen molar-refractivity contribution in [2.45, 2.75) is 88.2 Å². The molecule has 72 heavy (non-hydrogen) atoms. The Morgan fingerprint density at radius 2 is 0.764 bits per heavy atom. The van der Waals surface area contributed by atoms with Crippen LogP contribution in [-0.4, -0.2) is 106 Å². The summed E-state index contributed by atoms with van der Waals surface area (Å²) in [6, 6.07) is 53.2. The second kappa shape index (κ2) is 25.9. The second-order valence-electron chi connectivity index (χ2n) is 17.0. The largest absolute Gasteiger partial charge is 0.454 e.